The first-order valence-electron chi connectivity index (χ1n) is 11.1. The van der Waals surface area contributed by atoms with Gasteiger partial charge in [0.05, 0.1) is 12.7 Å². The summed E-state index contributed by atoms with van der Waals surface area (Å²) in [7, 11) is -1.95. The molecule has 0 bridgehead atoms. The van der Waals surface area contributed by atoms with E-state index in [2.05, 4.69) is 26.9 Å². The van der Waals surface area contributed by atoms with Crippen molar-refractivity contribution in [1.29, 1.82) is 0 Å². The van der Waals surface area contributed by atoms with E-state index in [1.807, 2.05) is 37.3 Å². The second-order valence-electron chi connectivity index (χ2n) is 8.32. The van der Waals surface area contributed by atoms with Crippen molar-refractivity contribution in [1.82, 2.24) is 14.8 Å². The molecule has 0 aliphatic heterocycles. The third kappa shape index (κ3) is 6.09. The van der Waals surface area contributed by atoms with E-state index in [0.717, 1.165) is 24.8 Å². The van der Waals surface area contributed by atoms with Gasteiger partial charge in [0, 0.05) is 24.5 Å². The van der Waals surface area contributed by atoms with Gasteiger partial charge >= 0.3 is 0 Å². The molecule has 0 radical (unpaired) electrons. The summed E-state index contributed by atoms with van der Waals surface area (Å²) < 4.78 is 35.1. The number of carbonyl (C=O) groups excluding carboxylic acids is 1. The van der Waals surface area contributed by atoms with Crippen LogP contribution >= 0.6 is 0 Å². The van der Waals surface area contributed by atoms with Crippen molar-refractivity contribution in [3.05, 3.63) is 65.7 Å². The van der Waals surface area contributed by atoms with Crippen molar-refractivity contribution in [2.45, 2.75) is 50.5 Å². The largest absolute Gasteiger partial charge is 0.496 e. The molecule has 0 spiro atoms. The molecule has 8 heteroatoms. The Bertz CT molecular complexity index is 987. The van der Waals surface area contributed by atoms with Crippen LogP contribution in [0.25, 0.3) is 0 Å². The minimum absolute atomic E-state index is 0.119. The molecule has 7 nitrogen and oxygen atoms in total. The summed E-state index contributed by atoms with van der Waals surface area (Å²) in [4.78, 5) is 12.9. The predicted octanol–water partition coefficient (Wildman–Crippen LogP) is 3.14. The molecule has 32 heavy (non-hydrogen) atoms. The third-order valence-corrected chi connectivity index (χ3v) is 7.36. The zero-order valence-electron chi connectivity index (χ0n) is 18.8. The highest BCUT2D eigenvalue weighted by atomic mass is 32.2. The van der Waals surface area contributed by atoms with Crippen LogP contribution in [-0.4, -0.2) is 40.6 Å². The normalized spacial score (nSPS) is 21.1. The molecule has 0 saturated heterocycles. The lowest BCUT2D eigenvalue weighted by molar-refractivity contribution is 0.0932. The molecule has 0 heterocycles. The van der Waals surface area contributed by atoms with Crippen LogP contribution in [-0.2, 0) is 15.6 Å². The van der Waals surface area contributed by atoms with Gasteiger partial charge in [-0.15, -0.1) is 0 Å². The Hall–Kier alpha value is -2.42. The molecule has 1 aliphatic carbocycles. The average molecular weight is 460 g/mol. The first kappa shape index (κ1) is 24.2. The molecular weight excluding hydrogens is 426 g/mol. The Morgan fingerprint density at radius 3 is 2.38 bits per heavy atom. The van der Waals surface area contributed by atoms with Crippen LogP contribution in [0.3, 0.4) is 0 Å². The maximum Gasteiger partial charge on any atom is 0.277 e. The highest BCUT2D eigenvalue weighted by molar-refractivity contribution is 7.87. The molecule has 174 valence electrons. The standard InChI is InChI=1S/C24H33N3O4S/c1-3-17-26-32(29,30)27-20-13-15-24(16-14-20,19-9-5-4-6-10-19)18-25-23(28)21-11-7-8-12-22(21)31-2/h4-12,20,26-27H,3,13-18H2,1-2H3,(H,25,28). The molecule has 3 N–H and O–H groups in total. The van der Waals surface area contributed by atoms with Crippen LogP contribution in [0.2, 0.25) is 0 Å². The monoisotopic (exact) mass is 459 g/mol. The number of nitrogens with one attached hydrogen (secondary N) is 3. The molecule has 0 unspecified atom stereocenters. The zero-order chi connectivity index (χ0) is 23.0. The van der Waals surface area contributed by atoms with Crippen LogP contribution in [0.15, 0.2) is 54.6 Å². The van der Waals surface area contributed by atoms with Gasteiger partial charge in [0.25, 0.3) is 16.1 Å². The van der Waals surface area contributed by atoms with Gasteiger partial charge in [0.2, 0.25) is 0 Å². The lowest BCUT2D eigenvalue weighted by Gasteiger charge is -2.41. The van der Waals surface area contributed by atoms with Gasteiger partial charge in [-0.2, -0.15) is 13.1 Å². The van der Waals surface area contributed by atoms with Gasteiger partial charge in [-0.3, -0.25) is 4.79 Å². The Labute approximate surface area is 191 Å². The Kier molecular flexibility index (Phi) is 8.28. The quantitative estimate of drug-likeness (QED) is 0.509. The summed E-state index contributed by atoms with van der Waals surface area (Å²) in [5.41, 5.74) is 1.41. The lowest BCUT2D eigenvalue weighted by Crippen LogP contribution is -2.49. The maximum atomic E-state index is 12.9. The molecule has 0 aromatic heterocycles. The highest BCUT2D eigenvalue weighted by Crippen LogP contribution is 2.39. The van der Waals surface area contributed by atoms with Crippen molar-refractivity contribution < 1.29 is 17.9 Å². The Morgan fingerprint density at radius 2 is 1.72 bits per heavy atom. The molecule has 0 atom stereocenters. The van der Waals surface area contributed by atoms with Crippen molar-refractivity contribution in [3.63, 3.8) is 0 Å². The van der Waals surface area contributed by atoms with E-state index in [1.54, 1.807) is 19.2 Å². The van der Waals surface area contributed by atoms with Crippen molar-refractivity contribution >= 4 is 16.1 Å². The number of carbonyl (C=O) groups is 1. The number of para-hydroxylation sites is 1. The molecule has 1 aliphatic rings. The maximum absolute atomic E-state index is 12.9. The fourth-order valence-corrected chi connectivity index (χ4v) is 5.55. The van der Waals surface area contributed by atoms with Gasteiger partial charge in [0.1, 0.15) is 5.75 Å². The van der Waals surface area contributed by atoms with Crippen molar-refractivity contribution in [2.24, 2.45) is 0 Å². The van der Waals surface area contributed by atoms with Crippen LogP contribution < -0.4 is 19.5 Å². The fourth-order valence-electron chi connectivity index (χ4n) is 4.32. The molecule has 3 rings (SSSR count). The number of methoxy groups -OCH3 is 1. The molecule has 2 aromatic carbocycles. The van der Waals surface area contributed by atoms with E-state index < -0.39 is 10.2 Å². The van der Waals surface area contributed by atoms with Crippen molar-refractivity contribution in [3.8, 4) is 5.75 Å². The van der Waals surface area contributed by atoms with Gasteiger partial charge in [-0.25, -0.2) is 4.72 Å². The Morgan fingerprint density at radius 1 is 1.06 bits per heavy atom. The average Bonchev–Trinajstić information content (AvgIpc) is 2.82. The number of rotatable bonds is 10. The second-order valence-corrected chi connectivity index (χ2v) is 9.85. The topological polar surface area (TPSA) is 96.5 Å². The van der Waals surface area contributed by atoms with E-state index in [4.69, 9.17) is 4.74 Å². The van der Waals surface area contributed by atoms with Crippen LogP contribution in [0.5, 0.6) is 5.75 Å². The van der Waals surface area contributed by atoms with Gasteiger partial charge in [-0.1, -0.05) is 49.4 Å². The minimum atomic E-state index is -3.50. The second kappa shape index (κ2) is 10.9. The highest BCUT2D eigenvalue weighted by Gasteiger charge is 2.38. The Balaban J connectivity index is 1.71. The molecule has 1 fully saturated rings. The first-order valence-corrected chi connectivity index (χ1v) is 12.6. The van der Waals surface area contributed by atoms with Gasteiger partial charge in [0.15, 0.2) is 0 Å². The summed E-state index contributed by atoms with van der Waals surface area (Å²) >= 11 is 0. The van der Waals surface area contributed by atoms with Crippen LogP contribution in [0.1, 0.15) is 54.9 Å². The molecular formula is C24H33N3O4S. The smallest absolute Gasteiger partial charge is 0.277 e. The minimum Gasteiger partial charge on any atom is -0.496 e. The fraction of sp³-hybridized carbons (Fsp3) is 0.458. The van der Waals surface area contributed by atoms with Gasteiger partial charge < -0.3 is 10.1 Å². The predicted molar refractivity (Wildman–Crippen MR) is 126 cm³/mol. The summed E-state index contributed by atoms with van der Waals surface area (Å²) in [5, 5.41) is 3.10. The van der Waals surface area contributed by atoms with Crippen LogP contribution in [0.4, 0.5) is 0 Å². The summed E-state index contributed by atoms with van der Waals surface area (Å²) in [5.74, 6) is 0.362. The third-order valence-electron chi connectivity index (χ3n) is 6.13. The zero-order valence-corrected chi connectivity index (χ0v) is 19.6. The number of benzene rings is 2. The number of hydrogen-bond donors (Lipinski definition) is 3. The number of ether oxygens (including phenoxy) is 1. The lowest BCUT2D eigenvalue weighted by atomic mass is 9.68. The van der Waals surface area contributed by atoms with E-state index >= 15 is 0 Å². The molecule has 2 aromatic rings. The van der Waals surface area contributed by atoms with E-state index in [-0.39, 0.29) is 17.4 Å². The summed E-state index contributed by atoms with van der Waals surface area (Å²) in [6.45, 7) is 2.82. The van der Waals surface area contributed by atoms with Crippen LogP contribution in [0, 0.1) is 0 Å². The van der Waals surface area contributed by atoms with E-state index in [9.17, 15) is 13.2 Å². The number of hydrogen-bond acceptors (Lipinski definition) is 4. The van der Waals surface area contributed by atoms with E-state index in [1.165, 1.54) is 0 Å². The van der Waals surface area contributed by atoms with Gasteiger partial charge in [-0.05, 0) is 49.8 Å². The first-order chi connectivity index (χ1) is 15.4. The molecule has 1 amide bonds. The summed E-state index contributed by atoms with van der Waals surface area (Å²) in [6, 6.07) is 17.2. The van der Waals surface area contributed by atoms with E-state index in [0.29, 0.717) is 37.2 Å². The SMILES string of the molecule is CCCNS(=O)(=O)NC1CCC(CNC(=O)c2ccccc2OC)(c2ccccc2)CC1. The molecule has 1 saturated carbocycles. The number of amides is 1. The van der Waals surface area contributed by atoms with Crippen molar-refractivity contribution in [2.75, 3.05) is 20.2 Å². The summed E-state index contributed by atoms with van der Waals surface area (Å²) in [6.07, 6.45) is 3.68.